The molecule has 0 aliphatic rings. The SMILES string of the molecule is CC(C)CCC(=O)N(N)CC(C)C. The van der Waals surface area contributed by atoms with Gasteiger partial charge < -0.3 is 0 Å². The highest BCUT2D eigenvalue weighted by molar-refractivity contribution is 5.75. The van der Waals surface area contributed by atoms with Crippen LogP contribution in [0.5, 0.6) is 0 Å². The summed E-state index contributed by atoms with van der Waals surface area (Å²) in [5, 5.41) is 1.34. The monoisotopic (exact) mass is 186 g/mol. The molecule has 0 aromatic rings. The summed E-state index contributed by atoms with van der Waals surface area (Å²) < 4.78 is 0. The van der Waals surface area contributed by atoms with Crippen LogP contribution in [0.3, 0.4) is 0 Å². The molecule has 0 unspecified atom stereocenters. The average molecular weight is 186 g/mol. The second-order valence-corrected chi connectivity index (χ2v) is 4.37. The van der Waals surface area contributed by atoms with Crippen molar-refractivity contribution in [1.29, 1.82) is 0 Å². The van der Waals surface area contributed by atoms with Gasteiger partial charge in [0.2, 0.25) is 5.91 Å². The average Bonchev–Trinajstić information content (AvgIpc) is 1.98. The van der Waals surface area contributed by atoms with E-state index in [2.05, 4.69) is 27.7 Å². The van der Waals surface area contributed by atoms with Gasteiger partial charge in [-0.15, -0.1) is 0 Å². The Morgan fingerprint density at radius 3 is 2.15 bits per heavy atom. The summed E-state index contributed by atoms with van der Waals surface area (Å²) in [4.78, 5) is 11.4. The highest BCUT2D eigenvalue weighted by atomic mass is 16.2. The molecule has 0 heterocycles. The molecule has 0 rings (SSSR count). The molecular weight excluding hydrogens is 164 g/mol. The van der Waals surface area contributed by atoms with Gasteiger partial charge in [0.05, 0.1) is 0 Å². The van der Waals surface area contributed by atoms with E-state index >= 15 is 0 Å². The number of nitrogens with zero attached hydrogens (tertiary/aromatic N) is 1. The largest absolute Gasteiger partial charge is 0.280 e. The van der Waals surface area contributed by atoms with Crippen molar-refractivity contribution in [2.75, 3.05) is 6.54 Å². The molecule has 0 radical (unpaired) electrons. The Hall–Kier alpha value is -0.570. The minimum absolute atomic E-state index is 0.0578. The third-order valence-corrected chi connectivity index (χ3v) is 1.82. The second-order valence-electron chi connectivity index (χ2n) is 4.37. The Balaban J connectivity index is 3.69. The van der Waals surface area contributed by atoms with Crippen molar-refractivity contribution in [1.82, 2.24) is 5.01 Å². The van der Waals surface area contributed by atoms with E-state index < -0.39 is 0 Å². The normalized spacial score (nSPS) is 11.0. The lowest BCUT2D eigenvalue weighted by atomic mass is 10.1. The zero-order valence-corrected chi connectivity index (χ0v) is 9.21. The molecule has 78 valence electrons. The molecule has 0 saturated carbocycles. The number of hydrazine groups is 1. The van der Waals surface area contributed by atoms with Gasteiger partial charge in [0, 0.05) is 13.0 Å². The number of amides is 1. The Labute approximate surface area is 81.3 Å². The van der Waals surface area contributed by atoms with E-state index in [1.165, 1.54) is 5.01 Å². The number of nitrogens with two attached hydrogens (primary N) is 1. The van der Waals surface area contributed by atoms with E-state index in [9.17, 15) is 4.79 Å². The van der Waals surface area contributed by atoms with E-state index in [1.807, 2.05) is 0 Å². The quantitative estimate of drug-likeness (QED) is 0.404. The fourth-order valence-corrected chi connectivity index (χ4v) is 1.05. The third kappa shape index (κ3) is 6.58. The molecule has 0 aliphatic carbocycles. The van der Waals surface area contributed by atoms with E-state index in [0.717, 1.165) is 6.42 Å². The fourth-order valence-electron chi connectivity index (χ4n) is 1.05. The lowest BCUT2D eigenvalue weighted by molar-refractivity contribution is -0.132. The molecule has 0 aromatic heterocycles. The van der Waals surface area contributed by atoms with Gasteiger partial charge >= 0.3 is 0 Å². The van der Waals surface area contributed by atoms with Gasteiger partial charge in [-0.05, 0) is 18.3 Å². The first-order valence-electron chi connectivity index (χ1n) is 4.98. The summed E-state index contributed by atoms with van der Waals surface area (Å²) in [6, 6.07) is 0. The van der Waals surface area contributed by atoms with Gasteiger partial charge in [-0.25, -0.2) is 5.84 Å². The molecule has 0 saturated heterocycles. The first kappa shape index (κ1) is 12.4. The van der Waals surface area contributed by atoms with Crippen molar-refractivity contribution in [3.8, 4) is 0 Å². The highest BCUT2D eigenvalue weighted by Gasteiger charge is 2.10. The maximum Gasteiger partial charge on any atom is 0.236 e. The Kier molecular flexibility index (Phi) is 5.71. The summed E-state index contributed by atoms with van der Waals surface area (Å²) >= 11 is 0. The lowest BCUT2D eigenvalue weighted by Gasteiger charge is -2.19. The van der Waals surface area contributed by atoms with Crippen LogP contribution in [0.25, 0.3) is 0 Å². The van der Waals surface area contributed by atoms with Crippen LogP contribution in [0.1, 0.15) is 40.5 Å². The Morgan fingerprint density at radius 1 is 1.23 bits per heavy atom. The van der Waals surface area contributed by atoms with Gasteiger partial charge in [-0.3, -0.25) is 9.80 Å². The number of hydrogen-bond acceptors (Lipinski definition) is 2. The van der Waals surface area contributed by atoms with Crippen LogP contribution >= 0.6 is 0 Å². The van der Waals surface area contributed by atoms with Crippen molar-refractivity contribution < 1.29 is 4.79 Å². The molecule has 3 heteroatoms. The minimum Gasteiger partial charge on any atom is -0.280 e. The number of rotatable bonds is 5. The Morgan fingerprint density at radius 2 is 1.77 bits per heavy atom. The maximum absolute atomic E-state index is 11.4. The van der Waals surface area contributed by atoms with Crippen molar-refractivity contribution >= 4 is 5.91 Å². The van der Waals surface area contributed by atoms with Crippen LogP contribution in [-0.4, -0.2) is 17.5 Å². The molecule has 0 spiro atoms. The van der Waals surface area contributed by atoms with E-state index in [4.69, 9.17) is 5.84 Å². The van der Waals surface area contributed by atoms with E-state index in [-0.39, 0.29) is 5.91 Å². The first-order valence-corrected chi connectivity index (χ1v) is 4.98. The van der Waals surface area contributed by atoms with Gasteiger partial charge in [0.25, 0.3) is 0 Å². The Bertz CT molecular complexity index is 155. The second kappa shape index (κ2) is 5.97. The molecule has 0 fully saturated rings. The molecule has 1 amide bonds. The zero-order chi connectivity index (χ0) is 10.4. The molecule has 0 bridgehead atoms. The van der Waals surface area contributed by atoms with Gasteiger partial charge in [0.1, 0.15) is 0 Å². The van der Waals surface area contributed by atoms with Crippen LogP contribution in [0.2, 0.25) is 0 Å². The van der Waals surface area contributed by atoms with Crippen molar-refractivity contribution in [2.45, 2.75) is 40.5 Å². The molecule has 13 heavy (non-hydrogen) atoms. The molecule has 3 nitrogen and oxygen atoms in total. The van der Waals surface area contributed by atoms with Crippen LogP contribution in [0.15, 0.2) is 0 Å². The standard InChI is InChI=1S/C10H22N2O/c1-8(2)5-6-10(13)12(11)7-9(3)4/h8-9H,5-7,11H2,1-4H3. The number of carbonyl (C=O) groups excluding carboxylic acids is 1. The molecule has 0 aliphatic heterocycles. The van der Waals surface area contributed by atoms with Crippen LogP contribution in [-0.2, 0) is 4.79 Å². The van der Waals surface area contributed by atoms with Crippen LogP contribution < -0.4 is 5.84 Å². The fraction of sp³-hybridized carbons (Fsp3) is 0.900. The smallest absolute Gasteiger partial charge is 0.236 e. The van der Waals surface area contributed by atoms with Crippen LogP contribution in [0, 0.1) is 11.8 Å². The van der Waals surface area contributed by atoms with Crippen molar-refractivity contribution in [3.05, 3.63) is 0 Å². The molecule has 0 aromatic carbocycles. The highest BCUT2D eigenvalue weighted by Crippen LogP contribution is 2.05. The van der Waals surface area contributed by atoms with E-state index in [0.29, 0.717) is 24.8 Å². The summed E-state index contributed by atoms with van der Waals surface area (Å²) in [5.41, 5.74) is 0. The van der Waals surface area contributed by atoms with Crippen LogP contribution in [0.4, 0.5) is 0 Å². The summed E-state index contributed by atoms with van der Waals surface area (Å²) in [6.07, 6.45) is 1.49. The van der Waals surface area contributed by atoms with Gasteiger partial charge in [-0.2, -0.15) is 0 Å². The van der Waals surface area contributed by atoms with Gasteiger partial charge in [-0.1, -0.05) is 27.7 Å². The predicted octanol–water partition coefficient (Wildman–Crippen LogP) is 1.78. The predicted molar refractivity (Wildman–Crippen MR) is 54.8 cm³/mol. The summed E-state index contributed by atoms with van der Waals surface area (Å²) in [5.74, 6) is 6.65. The zero-order valence-electron chi connectivity index (χ0n) is 9.21. The maximum atomic E-state index is 11.4. The molecule has 0 atom stereocenters. The van der Waals surface area contributed by atoms with Crippen molar-refractivity contribution in [2.24, 2.45) is 17.7 Å². The topological polar surface area (TPSA) is 46.3 Å². The minimum atomic E-state index is 0.0578. The number of carbonyl (C=O) groups is 1. The van der Waals surface area contributed by atoms with Gasteiger partial charge in [0.15, 0.2) is 0 Å². The lowest BCUT2D eigenvalue weighted by Crippen LogP contribution is -2.39. The third-order valence-electron chi connectivity index (χ3n) is 1.82. The summed E-state index contributed by atoms with van der Waals surface area (Å²) in [6.45, 7) is 8.97. The summed E-state index contributed by atoms with van der Waals surface area (Å²) in [7, 11) is 0. The molecule has 2 N–H and O–H groups in total. The molecular formula is C10H22N2O. The van der Waals surface area contributed by atoms with E-state index in [1.54, 1.807) is 0 Å². The van der Waals surface area contributed by atoms with Crippen molar-refractivity contribution in [3.63, 3.8) is 0 Å². The first-order chi connectivity index (χ1) is 5.93. The number of hydrogen-bond donors (Lipinski definition) is 1.